The first kappa shape index (κ1) is 12.6. The zero-order valence-electron chi connectivity index (χ0n) is 8.37. The topological polar surface area (TPSA) is 69.7 Å². The van der Waals surface area contributed by atoms with Crippen molar-refractivity contribution in [2.75, 3.05) is 13.7 Å². The molecule has 0 amide bonds. The van der Waals surface area contributed by atoms with Crippen LogP contribution in [0.15, 0.2) is 0 Å². The summed E-state index contributed by atoms with van der Waals surface area (Å²) in [5.74, 6) is -1.13. The van der Waals surface area contributed by atoms with Crippen molar-refractivity contribution in [3.63, 3.8) is 0 Å². The van der Waals surface area contributed by atoms with Crippen LogP contribution in [0.3, 0.4) is 0 Å². The Kier molecular flexibility index (Phi) is 6.36. The minimum absolute atomic E-state index is 0.140. The van der Waals surface area contributed by atoms with Crippen LogP contribution in [-0.4, -0.2) is 31.4 Å². The van der Waals surface area contributed by atoms with Crippen molar-refractivity contribution in [1.29, 1.82) is 0 Å². The van der Waals surface area contributed by atoms with Gasteiger partial charge in [-0.1, -0.05) is 0 Å². The van der Waals surface area contributed by atoms with E-state index in [1.807, 2.05) is 0 Å². The molecular weight excluding hydrogens is 188 g/mol. The lowest BCUT2D eigenvalue weighted by Gasteiger charge is -2.02. The van der Waals surface area contributed by atoms with Crippen LogP contribution in [0.1, 0.15) is 26.2 Å². The quantitative estimate of drug-likeness (QED) is 0.355. The van der Waals surface area contributed by atoms with Crippen molar-refractivity contribution >= 4 is 17.7 Å². The highest BCUT2D eigenvalue weighted by Gasteiger charge is 2.06. The monoisotopic (exact) mass is 202 g/mol. The van der Waals surface area contributed by atoms with Crippen LogP contribution in [0.2, 0.25) is 0 Å². The molecule has 14 heavy (non-hydrogen) atoms. The number of ether oxygens (including phenoxy) is 2. The van der Waals surface area contributed by atoms with E-state index in [0.29, 0.717) is 6.42 Å². The van der Waals surface area contributed by atoms with E-state index in [9.17, 15) is 14.4 Å². The zero-order chi connectivity index (χ0) is 11.0. The van der Waals surface area contributed by atoms with E-state index in [2.05, 4.69) is 9.47 Å². The van der Waals surface area contributed by atoms with Crippen molar-refractivity contribution in [1.82, 2.24) is 0 Å². The SMILES string of the molecule is COC(=O)CCCOC(=O)CC(C)=O. The number of Topliss-reactive ketones (excluding diaryl/α,β-unsaturated/α-hetero) is 1. The zero-order valence-corrected chi connectivity index (χ0v) is 8.37. The highest BCUT2D eigenvalue weighted by molar-refractivity contribution is 5.94. The van der Waals surface area contributed by atoms with Gasteiger partial charge in [0.05, 0.1) is 13.7 Å². The number of hydrogen-bond acceptors (Lipinski definition) is 5. The molecule has 0 fully saturated rings. The molecule has 0 radical (unpaired) electrons. The molecule has 0 rings (SSSR count). The fraction of sp³-hybridized carbons (Fsp3) is 0.667. The van der Waals surface area contributed by atoms with Gasteiger partial charge in [-0.2, -0.15) is 0 Å². The lowest BCUT2D eigenvalue weighted by atomic mass is 10.3. The molecule has 80 valence electrons. The second-order valence-corrected chi connectivity index (χ2v) is 2.78. The van der Waals surface area contributed by atoms with Crippen molar-refractivity contribution in [2.45, 2.75) is 26.2 Å². The average Bonchev–Trinajstić information content (AvgIpc) is 2.10. The van der Waals surface area contributed by atoms with Crippen LogP contribution in [0, 0.1) is 0 Å². The van der Waals surface area contributed by atoms with Crippen LogP contribution in [0.5, 0.6) is 0 Å². The van der Waals surface area contributed by atoms with Crippen LogP contribution < -0.4 is 0 Å². The molecule has 0 bridgehead atoms. The third kappa shape index (κ3) is 7.27. The van der Waals surface area contributed by atoms with Gasteiger partial charge in [0, 0.05) is 6.42 Å². The summed E-state index contributed by atoms with van der Waals surface area (Å²) in [6, 6.07) is 0. The van der Waals surface area contributed by atoms with Gasteiger partial charge < -0.3 is 9.47 Å². The largest absolute Gasteiger partial charge is 0.469 e. The third-order valence-corrected chi connectivity index (χ3v) is 1.41. The van der Waals surface area contributed by atoms with Crippen molar-refractivity contribution < 1.29 is 23.9 Å². The van der Waals surface area contributed by atoms with Gasteiger partial charge in [-0.15, -0.1) is 0 Å². The molecule has 0 unspecified atom stereocenters. The van der Waals surface area contributed by atoms with E-state index in [0.717, 1.165) is 0 Å². The molecule has 5 nitrogen and oxygen atoms in total. The van der Waals surface area contributed by atoms with E-state index in [-0.39, 0.29) is 31.2 Å². The number of ketones is 1. The highest BCUT2D eigenvalue weighted by atomic mass is 16.5. The summed E-state index contributed by atoms with van der Waals surface area (Å²) < 4.78 is 9.07. The Morgan fingerprint density at radius 3 is 2.29 bits per heavy atom. The van der Waals surface area contributed by atoms with Crippen molar-refractivity contribution in [3.05, 3.63) is 0 Å². The first-order valence-electron chi connectivity index (χ1n) is 4.28. The number of rotatable bonds is 6. The van der Waals surface area contributed by atoms with Gasteiger partial charge in [0.1, 0.15) is 12.2 Å². The number of esters is 2. The summed E-state index contributed by atoms with van der Waals surface area (Å²) in [5, 5.41) is 0. The van der Waals surface area contributed by atoms with Crippen LogP contribution in [-0.2, 0) is 23.9 Å². The Hall–Kier alpha value is -1.39. The van der Waals surface area contributed by atoms with Crippen molar-refractivity contribution in [2.24, 2.45) is 0 Å². The molecule has 0 aromatic carbocycles. The minimum atomic E-state index is -0.553. The molecule has 0 aliphatic rings. The number of carbonyl (C=O) groups excluding carboxylic acids is 3. The van der Waals surface area contributed by atoms with Gasteiger partial charge in [-0.3, -0.25) is 14.4 Å². The van der Waals surface area contributed by atoms with Crippen LogP contribution >= 0.6 is 0 Å². The van der Waals surface area contributed by atoms with Gasteiger partial charge in [0.25, 0.3) is 0 Å². The maximum Gasteiger partial charge on any atom is 0.313 e. The molecule has 0 saturated heterocycles. The minimum Gasteiger partial charge on any atom is -0.469 e. The lowest BCUT2D eigenvalue weighted by Crippen LogP contribution is -2.11. The maximum atomic E-state index is 10.8. The van der Waals surface area contributed by atoms with E-state index >= 15 is 0 Å². The molecular formula is C9H14O5. The normalized spacial score (nSPS) is 9.29. The van der Waals surface area contributed by atoms with Crippen LogP contribution in [0.4, 0.5) is 0 Å². The Morgan fingerprint density at radius 2 is 1.79 bits per heavy atom. The predicted molar refractivity (Wildman–Crippen MR) is 47.5 cm³/mol. The Bertz CT molecular complexity index is 221. The van der Waals surface area contributed by atoms with E-state index < -0.39 is 5.97 Å². The second-order valence-electron chi connectivity index (χ2n) is 2.78. The average molecular weight is 202 g/mol. The number of methoxy groups -OCH3 is 1. The van der Waals surface area contributed by atoms with Gasteiger partial charge in [-0.25, -0.2) is 0 Å². The summed E-state index contributed by atoms with van der Waals surface area (Å²) in [4.78, 5) is 31.9. The smallest absolute Gasteiger partial charge is 0.313 e. The highest BCUT2D eigenvalue weighted by Crippen LogP contribution is 1.95. The fourth-order valence-electron chi connectivity index (χ4n) is 0.759. The summed E-state index contributed by atoms with van der Waals surface area (Å²) in [5.41, 5.74) is 0. The molecule has 0 aromatic rings. The molecule has 0 aliphatic heterocycles. The maximum absolute atomic E-state index is 10.8. The van der Waals surface area contributed by atoms with Crippen molar-refractivity contribution in [3.8, 4) is 0 Å². The Balaban J connectivity index is 3.40. The first-order chi connectivity index (χ1) is 6.56. The van der Waals surface area contributed by atoms with Gasteiger partial charge in [0.15, 0.2) is 0 Å². The molecule has 0 spiro atoms. The molecule has 0 atom stereocenters. The molecule has 0 heterocycles. The lowest BCUT2D eigenvalue weighted by molar-refractivity contribution is -0.147. The third-order valence-electron chi connectivity index (χ3n) is 1.41. The molecule has 0 N–H and O–H groups in total. The predicted octanol–water partition coefficient (Wildman–Crippen LogP) is 0.462. The van der Waals surface area contributed by atoms with E-state index in [1.165, 1.54) is 14.0 Å². The Labute approximate surface area is 82.4 Å². The van der Waals surface area contributed by atoms with E-state index in [4.69, 9.17) is 0 Å². The van der Waals surface area contributed by atoms with Gasteiger partial charge in [0.2, 0.25) is 0 Å². The Morgan fingerprint density at radius 1 is 1.14 bits per heavy atom. The summed E-state index contributed by atoms with van der Waals surface area (Å²) >= 11 is 0. The molecule has 5 heteroatoms. The number of hydrogen-bond donors (Lipinski definition) is 0. The molecule has 0 aromatic heterocycles. The standard InChI is InChI=1S/C9H14O5/c1-7(10)6-9(12)14-5-3-4-8(11)13-2/h3-6H2,1-2H3. The van der Waals surface area contributed by atoms with Gasteiger partial charge >= 0.3 is 11.9 Å². The van der Waals surface area contributed by atoms with Crippen LogP contribution in [0.25, 0.3) is 0 Å². The second kappa shape index (κ2) is 7.06. The summed E-state index contributed by atoms with van der Waals surface area (Å²) in [7, 11) is 1.30. The fourth-order valence-corrected chi connectivity index (χ4v) is 0.759. The molecule has 0 aliphatic carbocycles. The molecule has 0 saturated carbocycles. The number of carbonyl (C=O) groups is 3. The summed E-state index contributed by atoms with van der Waals surface area (Å²) in [6.45, 7) is 1.46. The first-order valence-corrected chi connectivity index (χ1v) is 4.28. The van der Waals surface area contributed by atoms with E-state index in [1.54, 1.807) is 0 Å². The summed E-state index contributed by atoms with van der Waals surface area (Å²) in [6.07, 6.45) is 0.415. The van der Waals surface area contributed by atoms with Gasteiger partial charge in [-0.05, 0) is 13.3 Å².